The minimum Gasteiger partial charge on any atom is -0.481 e. The van der Waals surface area contributed by atoms with Crippen LogP contribution in [0, 0.1) is 0 Å². The maximum Gasteiger partial charge on any atom is 0.408 e. The van der Waals surface area contributed by atoms with Gasteiger partial charge in [0, 0.05) is 91.4 Å². The predicted octanol–water partition coefficient (Wildman–Crippen LogP) is 7.31. The number of rotatable bonds is 45. The summed E-state index contributed by atoms with van der Waals surface area (Å²) in [6, 6.07) is 11.3. The van der Waals surface area contributed by atoms with Gasteiger partial charge in [-0.3, -0.25) is 52.8 Å². The van der Waals surface area contributed by atoms with E-state index >= 15 is 0 Å². The number of nitrogens with one attached hydrogen (secondary N) is 9. The molecular weight excluding hydrogens is 1530 g/mol. The van der Waals surface area contributed by atoms with Gasteiger partial charge in [-0.25, -0.2) is 9.59 Å². The molecule has 0 aliphatic carbocycles. The minimum absolute atomic E-state index is 0.0548. The number of hydrogen-bond donors (Lipinski definition) is 12. The number of carbonyl (C=O) groups is 12. The van der Waals surface area contributed by atoms with Crippen LogP contribution in [-0.4, -0.2) is 225 Å². The summed E-state index contributed by atoms with van der Waals surface area (Å²) in [5.41, 5.74) is 26.5. The Labute approximate surface area is 665 Å². The number of ether oxygens (including phenoxy) is 3. The molecule has 0 spiro atoms. The van der Waals surface area contributed by atoms with E-state index in [1.807, 2.05) is 68.9 Å². The van der Waals surface area contributed by atoms with Crippen molar-refractivity contribution in [3.8, 4) is 0 Å². The normalized spacial score (nSPS) is 15.9. The van der Waals surface area contributed by atoms with Crippen LogP contribution >= 0.6 is 43.2 Å². The number of carboxylic acid groups (broad SMARTS) is 1. The second-order valence-corrected chi connectivity index (χ2v) is 35.7. The number of para-hydroxylation sites is 1. The number of likely N-dealkylation sites (tertiary alicyclic amines) is 2. The molecule has 35 nitrogen and oxygen atoms in total. The second kappa shape index (κ2) is 45.8. The number of hydrogen-bond acceptors (Lipinski definition) is 22. The first kappa shape index (κ1) is 91.3. The van der Waals surface area contributed by atoms with Gasteiger partial charge < -0.3 is 82.4 Å². The number of fused-ring (bicyclic) bond motifs is 1. The van der Waals surface area contributed by atoms with Gasteiger partial charge in [-0.05, 0) is 146 Å². The number of nitrogens with two attached hydrogens (primary N) is 1. The molecule has 12 N–H and O–H groups in total. The summed E-state index contributed by atoms with van der Waals surface area (Å²) < 4.78 is 15.5. The summed E-state index contributed by atoms with van der Waals surface area (Å²) in [5, 5.41) is 39.3. The highest BCUT2D eigenvalue weighted by atomic mass is 33.1. The van der Waals surface area contributed by atoms with Crippen LogP contribution in [0.1, 0.15) is 129 Å². The number of aliphatic carboxylic acids is 1. The van der Waals surface area contributed by atoms with Crippen molar-refractivity contribution in [1.29, 1.82) is 0 Å². The Morgan fingerprint density at radius 2 is 1.28 bits per heavy atom. The first-order chi connectivity index (χ1) is 53.2. The summed E-state index contributed by atoms with van der Waals surface area (Å²) >= 11 is 4.84. The van der Waals surface area contributed by atoms with E-state index in [4.69, 9.17) is 42.7 Å². The molecule has 1 aromatic heterocycles. The number of esters is 1. The fourth-order valence-electron chi connectivity index (χ4n) is 12.2. The number of aromatic amines is 1. The number of azide groups is 2. The number of carbonyl (C=O) groups excluding carboxylic acids is 11. The monoisotopic (exact) mass is 1630 g/mol. The van der Waals surface area contributed by atoms with Crippen LogP contribution < -0.4 is 48.3 Å². The van der Waals surface area contributed by atoms with Gasteiger partial charge in [0.1, 0.15) is 55.5 Å². The molecule has 0 saturated carbocycles. The molecule has 8 atom stereocenters. The summed E-state index contributed by atoms with van der Waals surface area (Å²) in [5.74, 6) is -7.84. The maximum absolute atomic E-state index is 14.6. The smallest absolute Gasteiger partial charge is 0.408 e. The Morgan fingerprint density at radius 1 is 0.696 bits per heavy atom. The van der Waals surface area contributed by atoms with Crippen molar-refractivity contribution in [3.63, 3.8) is 0 Å². The minimum atomic E-state index is -1.67. The van der Waals surface area contributed by atoms with Crippen LogP contribution in [0.4, 0.5) is 21.0 Å². The molecule has 10 amide bonds. The Morgan fingerprint density at radius 3 is 1.88 bits per heavy atom. The van der Waals surface area contributed by atoms with Crippen molar-refractivity contribution in [3.05, 3.63) is 117 Å². The SMILES string of the molecule is C[C@H](C[S](S)C(C)(C)C)NC(=O)[C@H](Cc1c[nH]c2ccccc12)NC(=O)[C@H](CCCCN(C)C)NC(=O)CNC(=O)[C@H](CSSC(C)(C)CN1CCC[C@H]1C(=O)OCC(=O)N[C@@H](CCCCNC(=O)OCc1ccc(N=[N+]=[N-])cc1)C(=O)N[C@@H](CC(=O)O)C(=O)N1CCC[C@H]1C(N)=O)NC(=O)OCc1ccc(N=[N+]=[N-])cc1. The predicted molar refractivity (Wildman–Crippen MR) is 429 cm³/mol. The Hall–Kier alpha value is -9.62. The van der Waals surface area contributed by atoms with E-state index in [1.54, 1.807) is 42.6 Å². The number of primary amides is 1. The van der Waals surface area contributed by atoms with E-state index in [1.165, 1.54) is 33.7 Å². The number of aromatic nitrogens is 1. The standard InChI is InChI=1S/C73H104N19O16S4/c1-45(43-112(109)72(2,3)4)80-67(101)55(35-48-37-78-52-18-10-9-17-51(48)52)83-65(99)53(20-12-14-32-90(7)8)81-60(93)38-79-64(98)57(85-71(105)108-40-47-25-29-50(30-26-47)87-89-76)42-110-111-73(5,6)44-91-33-15-22-59(91)69(103)106-41-61(94)82-54(19-11-13-31-77-70(104)107-39-46-23-27-49(28-24-46)86-88-75)66(100)84-56(36-62(95)96)68(102)92-34-16-21-58(92)63(74)97/h9-10,17-18,23-30,37,45,53-59,78,109H,11-16,19-22,31-36,38-44H2,1-8H3,(H2,74,97)(H,77,104)(H,79,98)(H,80,101)(H,81,93)(H,82,94)(H,83,99)(H,84,100)(H,85,105)(H,95,96)/t45-,53+,54+,55+,56+,57+,58+,59+/m1/s1. The third-order valence-electron chi connectivity index (χ3n) is 18.0. The molecule has 2 aliphatic heterocycles. The third kappa shape index (κ3) is 31.5. The average Bonchev–Trinajstić information content (AvgIpc) is 1.67. The highest BCUT2D eigenvalue weighted by molar-refractivity contribution is 8.78. The molecule has 0 bridgehead atoms. The van der Waals surface area contributed by atoms with E-state index in [0.29, 0.717) is 73.4 Å². The summed E-state index contributed by atoms with van der Waals surface area (Å²) in [6.07, 6.45) is 2.47. The van der Waals surface area contributed by atoms with Gasteiger partial charge >= 0.3 is 24.1 Å². The third-order valence-corrected chi connectivity index (χ3v) is 25.6. The van der Waals surface area contributed by atoms with Crippen molar-refractivity contribution < 1.29 is 76.9 Å². The Bertz CT molecular complexity index is 3990. The highest BCUT2D eigenvalue weighted by Gasteiger charge is 2.40. The first-order valence-electron chi connectivity index (χ1n) is 36.7. The first-order valence-corrected chi connectivity index (χ1v) is 41.5. The number of thiol groups is 1. The van der Waals surface area contributed by atoms with Crippen LogP contribution in [0.5, 0.6) is 0 Å². The zero-order chi connectivity index (χ0) is 82.1. The largest absolute Gasteiger partial charge is 0.481 e. The Balaban J connectivity index is 1.09. The van der Waals surface area contributed by atoms with Crippen molar-refractivity contribution in [1.82, 2.24) is 62.2 Å². The lowest BCUT2D eigenvalue weighted by Crippen LogP contribution is -2.57. The topological polar surface area (TPSA) is 498 Å². The molecule has 0 unspecified atom stereocenters. The van der Waals surface area contributed by atoms with Crippen LogP contribution in [0.25, 0.3) is 31.8 Å². The number of alkyl carbamates (subject to hydrolysis) is 2. The summed E-state index contributed by atoms with van der Waals surface area (Å²) in [6.45, 7) is 11.6. The molecule has 1 radical (unpaired) electrons. The zero-order valence-electron chi connectivity index (χ0n) is 64.2. The van der Waals surface area contributed by atoms with Crippen molar-refractivity contribution in [2.45, 2.75) is 190 Å². The summed E-state index contributed by atoms with van der Waals surface area (Å²) in [4.78, 5) is 177. The van der Waals surface area contributed by atoms with Gasteiger partial charge in [0.15, 0.2) is 6.61 Å². The molecule has 2 fully saturated rings. The van der Waals surface area contributed by atoms with Gasteiger partial charge in [-0.15, -0.1) is 21.6 Å². The molecule has 3 heterocycles. The lowest BCUT2D eigenvalue weighted by atomic mass is 10.0. The van der Waals surface area contributed by atoms with Crippen molar-refractivity contribution in [2.75, 3.05) is 71.5 Å². The van der Waals surface area contributed by atoms with Crippen LogP contribution in [0.2, 0.25) is 0 Å². The van der Waals surface area contributed by atoms with Crippen molar-refractivity contribution >= 4 is 137 Å². The van der Waals surface area contributed by atoms with Crippen LogP contribution in [0.15, 0.2) is 89.2 Å². The highest BCUT2D eigenvalue weighted by Crippen LogP contribution is 2.45. The van der Waals surface area contributed by atoms with E-state index in [0.717, 1.165) is 21.4 Å². The number of unbranched alkanes of at least 4 members (excludes halogenated alkanes) is 2. The zero-order valence-corrected chi connectivity index (χ0v) is 67.6. The number of nitrogens with zero attached hydrogens (tertiary/aromatic N) is 9. The molecule has 6 rings (SSSR count). The number of amides is 10. The molecular formula is C73H104N19O16S4. The van der Waals surface area contributed by atoms with Crippen LogP contribution in [0.3, 0.4) is 0 Å². The summed E-state index contributed by atoms with van der Waals surface area (Å²) in [7, 11) is 5.99. The molecule has 2 saturated heterocycles. The number of H-pyrrole nitrogens is 1. The second-order valence-electron chi connectivity index (χ2n) is 29.0. The molecule has 112 heavy (non-hydrogen) atoms. The van der Waals surface area contributed by atoms with Crippen LogP contribution in [-0.2, 0) is 81.8 Å². The number of carboxylic acids is 1. The number of benzene rings is 3. The molecule has 2 aliphatic rings. The molecule has 3 aromatic carbocycles. The molecule has 611 valence electrons. The van der Waals surface area contributed by atoms with E-state index in [2.05, 4.69) is 88.3 Å². The lowest BCUT2D eigenvalue weighted by Gasteiger charge is -2.32. The van der Waals surface area contributed by atoms with Crippen molar-refractivity contribution in [2.24, 2.45) is 16.0 Å². The molecule has 39 heteroatoms. The van der Waals surface area contributed by atoms with E-state index in [9.17, 15) is 62.6 Å². The van der Waals surface area contributed by atoms with Gasteiger partial charge in [0.25, 0.3) is 5.91 Å². The van der Waals surface area contributed by atoms with Gasteiger partial charge in [-0.1, -0.05) is 119 Å². The lowest BCUT2D eigenvalue weighted by molar-refractivity contribution is -0.153. The van der Waals surface area contributed by atoms with Gasteiger partial charge in [0.2, 0.25) is 41.4 Å². The average molecular weight is 1630 g/mol. The Kier molecular flexibility index (Phi) is 37.3. The van der Waals surface area contributed by atoms with E-state index < -0.39 is 138 Å². The fraction of sp³-hybridized carbons (Fsp3) is 0.562. The quantitative estimate of drug-likeness (QED) is 0.00301. The maximum atomic E-state index is 14.6. The molecule has 4 aromatic rings. The fourth-order valence-corrected chi connectivity index (χ4v) is 16.7. The van der Waals surface area contributed by atoms with Gasteiger partial charge in [0.05, 0.1) is 13.0 Å². The van der Waals surface area contributed by atoms with Gasteiger partial charge in [-0.2, -0.15) is 0 Å². The van der Waals surface area contributed by atoms with E-state index in [-0.39, 0.29) is 97.8 Å².